The third-order valence-electron chi connectivity index (χ3n) is 0. The van der Waals surface area contributed by atoms with Crippen LogP contribution in [-0.2, 0) is 0 Å². The standard InChI is InChI=1S/Li.3H2O/h;3*1H2/q+1;;;. The first-order valence-corrected chi connectivity index (χ1v) is 0. The van der Waals surface area contributed by atoms with E-state index in [2.05, 4.69) is 0 Å². The van der Waals surface area contributed by atoms with Gasteiger partial charge in [0.2, 0.25) is 0 Å². The van der Waals surface area contributed by atoms with E-state index in [4.69, 9.17) is 0 Å². The van der Waals surface area contributed by atoms with E-state index >= 15 is 0 Å². The zero-order valence-electron chi connectivity index (χ0n) is 2.50. The van der Waals surface area contributed by atoms with E-state index in [9.17, 15) is 0 Å². The largest absolute Gasteiger partial charge is 1.00 e. The molecule has 0 fully saturated rings. The fourth-order valence-corrected chi connectivity index (χ4v) is 0. The molecule has 4 heteroatoms. The third-order valence-corrected chi connectivity index (χ3v) is 0. The summed E-state index contributed by atoms with van der Waals surface area (Å²) in [5.74, 6) is 0. The van der Waals surface area contributed by atoms with Crippen LogP contribution in [0.4, 0.5) is 0 Å². The summed E-state index contributed by atoms with van der Waals surface area (Å²) in [5, 5.41) is 0. The molecule has 0 radical (unpaired) electrons. The van der Waals surface area contributed by atoms with E-state index in [-0.39, 0.29) is 35.3 Å². The van der Waals surface area contributed by atoms with Gasteiger partial charge in [-0.2, -0.15) is 0 Å². The molecule has 0 bridgehead atoms. The Balaban J connectivity index is 0. The molecule has 0 aromatic rings. The Labute approximate surface area is 36.1 Å². The first kappa shape index (κ1) is 238. The smallest absolute Gasteiger partial charge is 0.412 e. The van der Waals surface area contributed by atoms with E-state index < -0.39 is 0 Å². The Hall–Kier alpha value is 0.477. The minimum absolute atomic E-state index is 0. The molecule has 0 aromatic heterocycles. The van der Waals surface area contributed by atoms with Crippen molar-refractivity contribution in [1.82, 2.24) is 0 Å². The first-order valence-electron chi connectivity index (χ1n) is 0. The third kappa shape index (κ3) is 23.7. The molecule has 0 aliphatic heterocycles. The number of hydrogen-bond acceptors (Lipinski definition) is 0. The summed E-state index contributed by atoms with van der Waals surface area (Å²) >= 11 is 0. The zero-order chi connectivity index (χ0) is 0. The second-order valence-corrected chi connectivity index (χ2v) is 0. The summed E-state index contributed by atoms with van der Waals surface area (Å²) in [7, 11) is 0. The summed E-state index contributed by atoms with van der Waals surface area (Å²) < 4.78 is 0. The number of rotatable bonds is 0. The van der Waals surface area contributed by atoms with Gasteiger partial charge in [-0.3, -0.25) is 0 Å². The molecule has 24 valence electrons. The van der Waals surface area contributed by atoms with Crippen molar-refractivity contribution in [2.75, 3.05) is 0 Å². The zero-order valence-corrected chi connectivity index (χ0v) is 2.50. The van der Waals surface area contributed by atoms with Crippen molar-refractivity contribution in [2.24, 2.45) is 0 Å². The van der Waals surface area contributed by atoms with Crippen LogP contribution in [0.1, 0.15) is 0 Å². The molecule has 0 aromatic carbocycles. The van der Waals surface area contributed by atoms with Crippen LogP contribution in [0, 0.1) is 0 Å². The van der Waals surface area contributed by atoms with Crippen LogP contribution >= 0.6 is 0 Å². The van der Waals surface area contributed by atoms with Gasteiger partial charge in [0, 0.05) is 0 Å². The van der Waals surface area contributed by atoms with Crippen molar-refractivity contribution in [2.45, 2.75) is 0 Å². The van der Waals surface area contributed by atoms with Crippen LogP contribution in [0.25, 0.3) is 0 Å². The quantitative estimate of drug-likeness (QED) is 0.250. The van der Waals surface area contributed by atoms with Crippen molar-refractivity contribution in [3.8, 4) is 0 Å². The van der Waals surface area contributed by atoms with Gasteiger partial charge in [-0.25, -0.2) is 0 Å². The van der Waals surface area contributed by atoms with Gasteiger partial charge in [0.25, 0.3) is 0 Å². The molecule has 0 spiro atoms. The molecule has 0 heterocycles. The van der Waals surface area contributed by atoms with Gasteiger partial charge in [-0.1, -0.05) is 0 Å². The minimum atomic E-state index is 0. The molecule has 6 N–H and O–H groups in total. The minimum Gasteiger partial charge on any atom is -0.412 e. The van der Waals surface area contributed by atoms with Gasteiger partial charge in [-0.15, -0.1) is 0 Å². The molecular weight excluding hydrogens is 54.9 g/mol. The Kier molecular flexibility index (Phi) is 5560. The van der Waals surface area contributed by atoms with Crippen molar-refractivity contribution >= 4 is 0 Å². The molecule has 0 aliphatic rings. The van der Waals surface area contributed by atoms with Crippen LogP contribution in [0.3, 0.4) is 0 Å². The topological polar surface area (TPSA) is 94.5 Å². The van der Waals surface area contributed by atoms with E-state index in [1.54, 1.807) is 0 Å². The average Bonchev–Trinajstić information content (AvgIpc) is 0. The molecule has 0 rings (SSSR count). The Morgan fingerprint density at radius 3 is 0.500 bits per heavy atom. The SMILES string of the molecule is O.O.O.[Li+]. The monoisotopic (exact) mass is 61.0 g/mol. The first-order chi connectivity index (χ1) is 0. The maximum atomic E-state index is 0. The predicted octanol–water partition coefficient (Wildman–Crippen LogP) is -5.47. The Morgan fingerprint density at radius 2 is 0.500 bits per heavy atom. The van der Waals surface area contributed by atoms with Crippen LogP contribution in [0.15, 0.2) is 0 Å². The Morgan fingerprint density at radius 1 is 0.500 bits per heavy atom. The maximum absolute atomic E-state index is 0. The van der Waals surface area contributed by atoms with Crippen molar-refractivity contribution in [3.05, 3.63) is 0 Å². The molecule has 0 unspecified atom stereocenters. The van der Waals surface area contributed by atoms with Gasteiger partial charge < -0.3 is 16.4 Å². The van der Waals surface area contributed by atoms with Crippen LogP contribution in [-0.4, -0.2) is 16.4 Å². The molecule has 0 atom stereocenters. The second kappa shape index (κ2) is 93.6. The van der Waals surface area contributed by atoms with Crippen LogP contribution in [0.5, 0.6) is 0 Å². The summed E-state index contributed by atoms with van der Waals surface area (Å²) in [6, 6.07) is 0. The summed E-state index contributed by atoms with van der Waals surface area (Å²) in [5.41, 5.74) is 0. The summed E-state index contributed by atoms with van der Waals surface area (Å²) in [6.45, 7) is 0. The van der Waals surface area contributed by atoms with Gasteiger partial charge in [-0.05, 0) is 0 Å². The average molecular weight is 61.0 g/mol. The normalized spacial score (nSPS) is 0. The fraction of sp³-hybridized carbons (Fsp3) is 0. The van der Waals surface area contributed by atoms with Crippen molar-refractivity contribution in [1.29, 1.82) is 0 Å². The van der Waals surface area contributed by atoms with Crippen molar-refractivity contribution in [3.63, 3.8) is 0 Å². The molecule has 0 saturated carbocycles. The van der Waals surface area contributed by atoms with Gasteiger partial charge >= 0.3 is 18.9 Å². The molecule has 4 heavy (non-hydrogen) atoms. The summed E-state index contributed by atoms with van der Waals surface area (Å²) in [6.07, 6.45) is 0. The van der Waals surface area contributed by atoms with Crippen LogP contribution in [0.2, 0.25) is 0 Å². The van der Waals surface area contributed by atoms with E-state index in [0.717, 1.165) is 0 Å². The molecular formula is H6LiO3+. The van der Waals surface area contributed by atoms with E-state index in [1.807, 2.05) is 0 Å². The Bertz CT molecular complexity index is 3.25. The molecule has 0 aliphatic carbocycles. The summed E-state index contributed by atoms with van der Waals surface area (Å²) in [4.78, 5) is 0. The molecule has 0 saturated heterocycles. The second-order valence-electron chi connectivity index (χ2n) is 0. The predicted molar refractivity (Wildman–Crippen MR) is 10.8 cm³/mol. The van der Waals surface area contributed by atoms with Gasteiger partial charge in [0.1, 0.15) is 0 Å². The maximum Gasteiger partial charge on any atom is 1.00 e. The van der Waals surface area contributed by atoms with E-state index in [1.165, 1.54) is 0 Å². The molecule has 0 amide bonds. The van der Waals surface area contributed by atoms with Crippen molar-refractivity contribution < 1.29 is 35.3 Å². The van der Waals surface area contributed by atoms with E-state index in [0.29, 0.717) is 0 Å². The van der Waals surface area contributed by atoms with Gasteiger partial charge in [0.15, 0.2) is 0 Å². The molecule has 3 nitrogen and oxygen atoms in total. The fourth-order valence-electron chi connectivity index (χ4n) is 0. The number of hydrogen-bond donors (Lipinski definition) is 0. The van der Waals surface area contributed by atoms with Gasteiger partial charge in [0.05, 0.1) is 0 Å². The van der Waals surface area contributed by atoms with Crippen LogP contribution < -0.4 is 18.9 Å².